The van der Waals surface area contributed by atoms with Gasteiger partial charge in [-0.1, -0.05) is 30.3 Å². The molecule has 0 aliphatic rings. The number of aromatic nitrogens is 3. The molecule has 0 aliphatic heterocycles. The Labute approximate surface area is 181 Å². The standard InChI is InChI=1S/C21H24N6.HI/c1-22-21(23-12-11-15-13-24-17-8-4-3-7-16(15)17)25-14-20-26-18-9-5-6-10-19(18)27(20)2;/h3-10,13,24H,11-12,14H2,1-2H3,(H2,22,23,25);1H. The first-order chi connectivity index (χ1) is 13.3. The van der Waals surface area contributed by atoms with Crippen LogP contribution < -0.4 is 10.6 Å². The first kappa shape index (κ1) is 20.2. The van der Waals surface area contributed by atoms with E-state index in [1.165, 1.54) is 16.5 Å². The fourth-order valence-electron chi connectivity index (χ4n) is 3.39. The van der Waals surface area contributed by atoms with E-state index in [2.05, 4.69) is 60.6 Å². The van der Waals surface area contributed by atoms with Gasteiger partial charge >= 0.3 is 0 Å². The lowest BCUT2D eigenvalue weighted by atomic mass is 10.1. The van der Waals surface area contributed by atoms with Gasteiger partial charge in [-0.15, -0.1) is 24.0 Å². The van der Waals surface area contributed by atoms with Gasteiger partial charge in [0.25, 0.3) is 0 Å². The fraction of sp³-hybridized carbons (Fsp3) is 0.238. The van der Waals surface area contributed by atoms with Crippen LogP contribution in [0.3, 0.4) is 0 Å². The minimum absolute atomic E-state index is 0. The summed E-state index contributed by atoms with van der Waals surface area (Å²) in [5.41, 5.74) is 4.64. The van der Waals surface area contributed by atoms with Crippen molar-refractivity contribution in [1.82, 2.24) is 25.2 Å². The van der Waals surface area contributed by atoms with Gasteiger partial charge < -0.3 is 20.2 Å². The molecule has 0 atom stereocenters. The summed E-state index contributed by atoms with van der Waals surface area (Å²) in [5, 5.41) is 8.02. The van der Waals surface area contributed by atoms with Gasteiger partial charge in [0.1, 0.15) is 5.82 Å². The van der Waals surface area contributed by atoms with E-state index in [0.717, 1.165) is 35.8 Å². The van der Waals surface area contributed by atoms with E-state index in [9.17, 15) is 0 Å². The average Bonchev–Trinajstić information content (AvgIpc) is 3.26. The second-order valence-electron chi connectivity index (χ2n) is 6.54. The third kappa shape index (κ3) is 4.14. The number of H-pyrrole nitrogens is 1. The molecule has 0 saturated carbocycles. The number of aryl methyl sites for hydroxylation is 1. The third-order valence-corrected chi connectivity index (χ3v) is 4.88. The molecule has 0 amide bonds. The van der Waals surface area contributed by atoms with E-state index in [4.69, 9.17) is 0 Å². The van der Waals surface area contributed by atoms with Gasteiger partial charge in [0.15, 0.2) is 5.96 Å². The van der Waals surface area contributed by atoms with Gasteiger partial charge in [-0.2, -0.15) is 0 Å². The molecule has 2 aromatic carbocycles. The Morgan fingerprint density at radius 2 is 1.89 bits per heavy atom. The Bertz CT molecular complexity index is 1090. The van der Waals surface area contributed by atoms with E-state index < -0.39 is 0 Å². The summed E-state index contributed by atoms with van der Waals surface area (Å²) in [4.78, 5) is 12.3. The van der Waals surface area contributed by atoms with Gasteiger partial charge in [-0.25, -0.2) is 4.98 Å². The number of rotatable bonds is 5. The van der Waals surface area contributed by atoms with E-state index in [1.54, 1.807) is 7.05 Å². The summed E-state index contributed by atoms with van der Waals surface area (Å²) >= 11 is 0. The van der Waals surface area contributed by atoms with Crippen LogP contribution in [0.5, 0.6) is 0 Å². The molecule has 0 aliphatic carbocycles. The summed E-state index contributed by atoms with van der Waals surface area (Å²) in [7, 11) is 3.83. The summed E-state index contributed by atoms with van der Waals surface area (Å²) in [6, 6.07) is 16.5. The number of aliphatic imine (C=N–C) groups is 1. The monoisotopic (exact) mass is 488 g/mol. The number of imidazole rings is 1. The first-order valence-corrected chi connectivity index (χ1v) is 9.16. The molecular weight excluding hydrogens is 463 g/mol. The van der Waals surface area contributed by atoms with Crippen molar-refractivity contribution in [3.05, 3.63) is 66.1 Å². The molecule has 0 bridgehead atoms. The Kier molecular flexibility index (Phi) is 6.56. The second-order valence-corrected chi connectivity index (χ2v) is 6.54. The molecule has 6 nitrogen and oxygen atoms in total. The van der Waals surface area contributed by atoms with Crippen LogP contribution in [0.4, 0.5) is 0 Å². The number of guanidine groups is 1. The topological polar surface area (TPSA) is 70.0 Å². The summed E-state index contributed by atoms with van der Waals surface area (Å²) in [6.07, 6.45) is 3.01. The molecule has 2 heterocycles. The van der Waals surface area contributed by atoms with E-state index in [1.807, 2.05) is 31.3 Å². The maximum atomic E-state index is 4.69. The summed E-state index contributed by atoms with van der Waals surface area (Å²) < 4.78 is 2.11. The largest absolute Gasteiger partial charge is 0.361 e. The van der Waals surface area contributed by atoms with Crippen molar-refractivity contribution in [1.29, 1.82) is 0 Å². The number of halogens is 1. The molecule has 0 radical (unpaired) electrons. The van der Waals surface area contributed by atoms with Gasteiger partial charge in [-0.3, -0.25) is 4.99 Å². The molecule has 28 heavy (non-hydrogen) atoms. The zero-order chi connectivity index (χ0) is 18.6. The van der Waals surface area contributed by atoms with Crippen LogP contribution in [0.1, 0.15) is 11.4 Å². The fourth-order valence-corrected chi connectivity index (χ4v) is 3.39. The first-order valence-electron chi connectivity index (χ1n) is 9.16. The number of nitrogens with zero attached hydrogens (tertiary/aromatic N) is 3. The molecule has 2 aromatic heterocycles. The minimum Gasteiger partial charge on any atom is -0.361 e. The normalized spacial score (nSPS) is 11.6. The average molecular weight is 488 g/mol. The number of hydrogen-bond donors (Lipinski definition) is 3. The molecule has 4 aromatic rings. The zero-order valence-electron chi connectivity index (χ0n) is 16.1. The molecule has 146 valence electrons. The van der Waals surface area contributed by atoms with Crippen LogP contribution in [0, 0.1) is 0 Å². The van der Waals surface area contributed by atoms with Crippen molar-refractivity contribution < 1.29 is 0 Å². The molecule has 0 unspecified atom stereocenters. The number of hydrogen-bond acceptors (Lipinski definition) is 2. The van der Waals surface area contributed by atoms with Crippen molar-refractivity contribution in [2.75, 3.05) is 13.6 Å². The number of aromatic amines is 1. The Morgan fingerprint density at radius 1 is 1.11 bits per heavy atom. The molecule has 7 heteroatoms. The van der Waals surface area contributed by atoms with E-state index in [-0.39, 0.29) is 24.0 Å². The molecule has 0 spiro atoms. The molecule has 3 N–H and O–H groups in total. The van der Waals surface area contributed by atoms with Crippen LogP contribution in [-0.2, 0) is 20.0 Å². The maximum absolute atomic E-state index is 4.69. The molecule has 4 rings (SSSR count). The van der Waals surface area contributed by atoms with Crippen LogP contribution in [-0.4, -0.2) is 34.1 Å². The van der Waals surface area contributed by atoms with Crippen LogP contribution in [0.2, 0.25) is 0 Å². The highest BCUT2D eigenvalue weighted by atomic mass is 127. The number of fused-ring (bicyclic) bond motifs is 2. The van der Waals surface area contributed by atoms with Gasteiger partial charge in [0.2, 0.25) is 0 Å². The Hall–Kier alpha value is -2.55. The summed E-state index contributed by atoms with van der Waals surface area (Å²) in [6.45, 7) is 1.43. The van der Waals surface area contributed by atoms with Gasteiger partial charge in [-0.05, 0) is 30.2 Å². The number of benzene rings is 2. The lowest BCUT2D eigenvalue weighted by molar-refractivity contribution is 0.734. The smallest absolute Gasteiger partial charge is 0.191 e. The van der Waals surface area contributed by atoms with E-state index in [0.29, 0.717) is 6.54 Å². The van der Waals surface area contributed by atoms with Crippen molar-refractivity contribution in [2.24, 2.45) is 12.0 Å². The molecule has 0 saturated heterocycles. The van der Waals surface area contributed by atoms with Crippen molar-refractivity contribution in [3.63, 3.8) is 0 Å². The van der Waals surface area contributed by atoms with Crippen molar-refractivity contribution in [2.45, 2.75) is 13.0 Å². The highest BCUT2D eigenvalue weighted by molar-refractivity contribution is 14.0. The Balaban J connectivity index is 0.00000225. The van der Waals surface area contributed by atoms with Crippen molar-refractivity contribution in [3.8, 4) is 0 Å². The van der Waals surface area contributed by atoms with Crippen LogP contribution in [0.15, 0.2) is 59.7 Å². The predicted molar refractivity (Wildman–Crippen MR) is 126 cm³/mol. The molecular formula is C21H25IN6. The van der Waals surface area contributed by atoms with Crippen LogP contribution in [0.25, 0.3) is 21.9 Å². The second kappa shape index (κ2) is 9.09. The maximum Gasteiger partial charge on any atom is 0.191 e. The Morgan fingerprint density at radius 3 is 2.71 bits per heavy atom. The zero-order valence-corrected chi connectivity index (χ0v) is 18.4. The SMILES string of the molecule is CN=C(NCCc1c[nH]c2ccccc12)NCc1nc2ccccc2n1C.I. The highest BCUT2D eigenvalue weighted by Crippen LogP contribution is 2.17. The van der Waals surface area contributed by atoms with Gasteiger partial charge in [0, 0.05) is 37.7 Å². The van der Waals surface area contributed by atoms with Crippen molar-refractivity contribution >= 4 is 51.9 Å². The van der Waals surface area contributed by atoms with E-state index >= 15 is 0 Å². The lowest BCUT2D eigenvalue weighted by Gasteiger charge is -2.11. The van der Waals surface area contributed by atoms with Crippen LogP contribution >= 0.6 is 24.0 Å². The quantitative estimate of drug-likeness (QED) is 0.229. The highest BCUT2D eigenvalue weighted by Gasteiger charge is 2.08. The lowest BCUT2D eigenvalue weighted by Crippen LogP contribution is -2.38. The number of para-hydroxylation sites is 3. The third-order valence-electron chi connectivity index (χ3n) is 4.88. The summed E-state index contributed by atoms with van der Waals surface area (Å²) in [5.74, 6) is 1.76. The predicted octanol–water partition coefficient (Wildman–Crippen LogP) is 3.58. The molecule has 0 fully saturated rings. The number of nitrogens with one attached hydrogen (secondary N) is 3. The van der Waals surface area contributed by atoms with Gasteiger partial charge in [0.05, 0.1) is 17.6 Å². The minimum atomic E-state index is 0.